The van der Waals surface area contributed by atoms with E-state index < -0.39 is 0 Å². The summed E-state index contributed by atoms with van der Waals surface area (Å²) in [5.41, 5.74) is 0. The van der Waals surface area contributed by atoms with Gasteiger partial charge in [0.05, 0.1) is 0 Å². The van der Waals surface area contributed by atoms with Gasteiger partial charge in [0.15, 0.2) is 0 Å². The van der Waals surface area contributed by atoms with Crippen LogP contribution in [-0.4, -0.2) is 25.8 Å². The maximum absolute atomic E-state index is 5.37. The van der Waals surface area contributed by atoms with Crippen molar-refractivity contribution in [3.63, 3.8) is 0 Å². The number of hydrogen-bond acceptors (Lipinski definition) is 2. The zero-order valence-electron chi connectivity index (χ0n) is 7.72. The summed E-state index contributed by atoms with van der Waals surface area (Å²) in [5.74, 6) is 0. The summed E-state index contributed by atoms with van der Waals surface area (Å²) in [5, 5.41) is 3.51. The van der Waals surface area contributed by atoms with Crippen molar-refractivity contribution in [1.29, 1.82) is 0 Å². The molecule has 0 aromatic heterocycles. The molecule has 1 atom stereocenters. The van der Waals surface area contributed by atoms with Crippen molar-refractivity contribution in [3.05, 3.63) is 12.7 Å². The molecule has 1 unspecified atom stereocenters. The van der Waals surface area contributed by atoms with Gasteiger partial charge in [-0.15, -0.1) is 6.58 Å². The second-order valence-corrected chi connectivity index (χ2v) is 3.27. The maximum Gasteiger partial charge on any atom is 0.0480 e. The van der Waals surface area contributed by atoms with E-state index in [1.807, 2.05) is 6.08 Å². The molecule has 1 aliphatic heterocycles. The van der Waals surface area contributed by atoms with Crippen molar-refractivity contribution < 1.29 is 4.74 Å². The van der Waals surface area contributed by atoms with Crippen LogP contribution in [0.3, 0.4) is 0 Å². The lowest BCUT2D eigenvalue weighted by molar-refractivity contribution is 0.142. The summed E-state index contributed by atoms with van der Waals surface area (Å²) in [6, 6.07) is 0.674. The molecule has 0 aromatic rings. The Kier molecular flexibility index (Phi) is 5.04. The van der Waals surface area contributed by atoms with Gasteiger partial charge in [0.2, 0.25) is 0 Å². The highest BCUT2D eigenvalue weighted by atomic mass is 16.5. The maximum atomic E-state index is 5.37. The Morgan fingerprint density at radius 3 is 3.17 bits per heavy atom. The van der Waals surface area contributed by atoms with E-state index >= 15 is 0 Å². The van der Waals surface area contributed by atoms with Crippen LogP contribution in [0.4, 0.5) is 0 Å². The second-order valence-electron chi connectivity index (χ2n) is 3.27. The molecular formula is C10H19NO. The molecule has 0 spiro atoms. The van der Waals surface area contributed by atoms with Crippen molar-refractivity contribution in [2.45, 2.75) is 31.7 Å². The van der Waals surface area contributed by atoms with Crippen molar-refractivity contribution in [3.8, 4) is 0 Å². The van der Waals surface area contributed by atoms with E-state index in [2.05, 4.69) is 11.9 Å². The van der Waals surface area contributed by atoms with E-state index in [-0.39, 0.29) is 0 Å². The molecule has 12 heavy (non-hydrogen) atoms. The lowest BCUT2D eigenvalue weighted by Gasteiger charge is -2.14. The molecule has 2 heteroatoms. The molecule has 1 aliphatic rings. The molecule has 1 rings (SSSR count). The van der Waals surface area contributed by atoms with Crippen molar-refractivity contribution in [2.75, 3.05) is 19.8 Å². The van der Waals surface area contributed by atoms with E-state index in [0.29, 0.717) is 6.04 Å². The fourth-order valence-electron chi connectivity index (χ4n) is 1.50. The molecule has 0 saturated carbocycles. The van der Waals surface area contributed by atoms with Gasteiger partial charge < -0.3 is 10.1 Å². The van der Waals surface area contributed by atoms with Gasteiger partial charge in [-0.25, -0.2) is 0 Å². The molecule has 0 radical (unpaired) electrons. The van der Waals surface area contributed by atoms with Gasteiger partial charge in [0.25, 0.3) is 0 Å². The Morgan fingerprint density at radius 2 is 2.33 bits per heavy atom. The van der Waals surface area contributed by atoms with Crippen molar-refractivity contribution in [2.24, 2.45) is 0 Å². The van der Waals surface area contributed by atoms with Gasteiger partial charge in [-0.05, 0) is 32.2 Å². The fraction of sp³-hybridized carbons (Fsp3) is 0.800. The van der Waals surface area contributed by atoms with Gasteiger partial charge in [-0.1, -0.05) is 6.08 Å². The van der Waals surface area contributed by atoms with Crippen molar-refractivity contribution >= 4 is 0 Å². The topological polar surface area (TPSA) is 21.3 Å². The van der Waals surface area contributed by atoms with Crippen LogP contribution < -0.4 is 5.32 Å². The summed E-state index contributed by atoms with van der Waals surface area (Å²) < 4.78 is 5.37. The summed E-state index contributed by atoms with van der Waals surface area (Å²) in [4.78, 5) is 0. The van der Waals surface area contributed by atoms with Gasteiger partial charge in [0, 0.05) is 19.3 Å². The Bertz CT molecular complexity index is 117. The predicted molar refractivity (Wildman–Crippen MR) is 51.3 cm³/mol. The van der Waals surface area contributed by atoms with E-state index in [9.17, 15) is 0 Å². The normalized spacial score (nSPS) is 24.8. The largest absolute Gasteiger partial charge is 0.381 e. The number of rotatable bonds is 4. The predicted octanol–water partition coefficient (Wildman–Crippen LogP) is 1.72. The van der Waals surface area contributed by atoms with Gasteiger partial charge in [-0.3, -0.25) is 0 Å². The number of ether oxygens (including phenoxy) is 1. The minimum atomic E-state index is 0.674. The molecule has 70 valence electrons. The highest BCUT2D eigenvalue weighted by molar-refractivity contribution is 4.73. The van der Waals surface area contributed by atoms with Gasteiger partial charge >= 0.3 is 0 Å². The van der Waals surface area contributed by atoms with Gasteiger partial charge in [0.1, 0.15) is 0 Å². The molecule has 1 heterocycles. The summed E-state index contributed by atoms with van der Waals surface area (Å²) in [6.07, 6.45) is 6.65. The molecule has 0 amide bonds. The molecule has 0 aromatic carbocycles. The van der Waals surface area contributed by atoms with Crippen LogP contribution in [0.1, 0.15) is 25.7 Å². The van der Waals surface area contributed by atoms with E-state index in [1.165, 1.54) is 12.8 Å². The molecule has 1 N–H and O–H groups in total. The standard InChI is InChI=1S/C10H19NO/c1-2-3-7-11-10-5-4-8-12-9-6-10/h2,10-11H,1,3-9H2. The quantitative estimate of drug-likeness (QED) is 0.511. The first-order valence-electron chi connectivity index (χ1n) is 4.85. The van der Waals surface area contributed by atoms with Gasteiger partial charge in [-0.2, -0.15) is 0 Å². The third-order valence-electron chi connectivity index (χ3n) is 2.23. The summed E-state index contributed by atoms with van der Waals surface area (Å²) in [6.45, 7) is 6.63. The molecule has 2 nitrogen and oxygen atoms in total. The van der Waals surface area contributed by atoms with Crippen LogP contribution in [0.5, 0.6) is 0 Å². The number of hydrogen-bond donors (Lipinski definition) is 1. The average molecular weight is 169 g/mol. The number of nitrogens with one attached hydrogen (secondary N) is 1. The zero-order valence-corrected chi connectivity index (χ0v) is 7.72. The van der Waals surface area contributed by atoms with E-state index in [0.717, 1.165) is 32.6 Å². The lowest BCUT2D eigenvalue weighted by atomic mass is 10.1. The lowest BCUT2D eigenvalue weighted by Crippen LogP contribution is -2.29. The average Bonchev–Trinajstić information content (AvgIpc) is 2.33. The first kappa shape index (κ1) is 9.75. The SMILES string of the molecule is C=CCCNC1CCCOCC1. The highest BCUT2D eigenvalue weighted by Gasteiger charge is 2.10. The first-order valence-corrected chi connectivity index (χ1v) is 4.85. The van der Waals surface area contributed by atoms with Crippen molar-refractivity contribution in [1.82, 2.24) is 5.32 Å². The fourth-order valence-corrected chi connectivity index (χ4v) is 1.50. The van der Waals surface area contributed by atoms with Crippen LogP contribution in [0.2, 0.25) is 0 Å². The van der Waals surface area contributed by atoms with Crippen LogP contribution in [0.25, 0.3) is 0 Å². The minimum absolute atomic E-state index is 0.674. The highest BCUT2D eigenvalue weighted by Crippen LogP contribution is 2.07. The Labute approximate surface area is 75.0 Å². The molecular weight excluding hydrogens is 150 g/mol. The second kappa shape index (κ2) is 6.21. The van der Waals surface area contributed by atoms with E-state index in [4.69, 9.17) is 4.74 Å². The Balaban J connectivity index is 2.07. The molecule has 1 saturated heterocycles. The minimum Gasteiger partial charge on any atom is -0.381 e. The molecule has 1 fully saturated rings. The Hall–Kier alpha value is -0.340. The van der Waals surface area contributed by atoms with Crippen LogP contribution in [0, 0.1) is 0 Å². The van der Waals surface area contributed by atoms with E-state index in [1.54, 1.807) is 0 Å². The van der Waals surface area contributed by atoms with Crippen LogP contribution in [-0.2, 0) is 4.74 Å². The van der Waals surface area contributed by atoms with Crippen LogP contribution in [0.15, 0.2) is 12.7 Å². The zero-order chi connectivity index (χ0) is 8.65. The third-order valence-corrected chi connectivity index (χ3v) is 2.23. The summed E-state index contributed by atoms with van der Waals surface area (Å²) in [7, 11) is 0. The molecule has 0 aliphatic carbocycles. The van der Waals surface area contributed by atoms with Crippen LogP contribution >= 0.6 is 0 Å². The molecule has 0 bridgehead atoms. The summed E-state index contributed by atoms with van der Waals surface area (Å²) >= 11 is 0. The first-order chi connectivity index (χ1) is 5.93. The monoisotopic (exact) mass is 169 g/mol. The Morgan fingerprint density at radius 1 is 1.42 bits per heavy atom. The third kappa shape index (κ3) is 3.88. The smallest absolute Gasteiger partial charge is 0.0480 e.